The summed E-state index contributed by atoms with van der Waals surface area (Å²) < 4.78 is 19.6. The fourth-order valence-corrected chi connectivity index (χ4v) is 1.32. The van der Waals surface area contributed by atoms with Crippen LogP contribution in [-0.2, 0) is 14.0 Å². The zero-order valence-electron chi connectivity index (χ0n) is 7.05. The summed E-state index contributed by atoms with van der Waals surface area (Å²) in [5.41, 5.74) is 0. The molecule has 0 bridgehead atoms. The molecule has 1 saturated heterocycles. The van der Waals surface area contributed by atoms with Crippen LogP contribution in [0.5, 0.6) is 0 Å². The largest absolute Gasteiger partial charge is 0.388 e. The molecule has 0 saturated carbocycles. The molecule has 0 aromatic heterocycles. The van der Waals surface area contributed by atoms with Crippen molar-refractivity contribution >= 4 is 15.4 Å². The van der Waals surface area contributed by atoms with Crippen LogP contribution in [0, 0.1) is 0 Å². The summed E-state index contributed by atoms with van der Waals surface area (Å²) in [4.78, 5) is 16.9. The Bertz CT molecular complexity index is 242. The summed E-state index contributed by atoms with van der Waals surface area (Å²) in [6.45, 7) is 0. The number of aliphatic hydroxyl groups excluding tert-OH is 2. The second-order valence-electron chi connectivity index (χ2n) is 2.91. The van der Waals surface area contributed by atoms with Crippen molar-refractivity contribution in [1.82, 2.24) is 0 Å². The first kappa shape index (κ1) is 12.1. The van der Waals surface area contributed by atoms with Gasteiger partial charge in [0.25, 0.3) is 0 Å². The predicted molar refractivity (Wildman–Crippen MR) is 44.4 cm³/mol. The van der Waals surface area contributed by atoms with Crippen LogP contribution >= 0.6 is 7.60 Å². The molecule has 0 aromatic rings. The van der Waals surface area contributed by atoms with Gasteiger partial charge in [-0.05, 0) is 0 Å². The molecule has 4 N–H and O–H groups in total. The highest BCUT2D eigenvalue weighted by atomic mass is 31.2. The Hall–Kier alpha value is 0.0549. The van der Waals surface area contributed by atoms with Crippen molar-refractivity contribution in [1.29, 1.82) is 0 Å². The van der Waals surface area contributed by atoms with Crippen LogP contribution in [0.25, 0.3) is 0 Å². The van der Waals surface area contributed by atoms with Gasteiger partial charge in [-0.15, -0.1) is 0 Å². The quantitative estimate of drug-likeness (QED) is 0.315. The number of rotatable bonds is 3. The first-order valence-corrected chi connectivity index (χ1v) is 5.54. The van der Waals surface area contributed by atoms with Crippen LogP contribution in [-0.4, -0.2) is 58.7 Å². The number of hydrogen-bond acceptors (Lipinski definition) is 5. The summed E-state index contributed by atoms with van der Waals surface area (Å²) in [7, 11) is 0.872. The van der Waals surface area contributed by atoms with Gasteiger partial charge in [0.1, 0.15) is 20.1 Å². The first-order valence-electron chi connectivity index (χ1n) is 3.74. The first-order chi connectivity index (χ1) is 6.31. The fourth-order valence-electron chi connectivity index (χ4n) is 0.980. The molecule has 1 fully saturated rings. The van der Waals surface area contributed by atoms with Gasteiger partial charge in [0.2, 0.25) is 0 Å². The van der Waals surface area contributed by atoms with E-state index in [0.717, 1.165) is 0 Å². The molecule has 80 valence electrons. The Balaban J connectivity index is 2.44. The highest BCUT2D eigenvalue weighted by Gasteiger charge is 2.41. The molecule has 2 radical (unpaired) electrons. The molecule has 0 amide bonds. The molecule has 9 heteroatoms. The van der Waals surface area contributed by atoms with Gasteiger partial charge in [0.05, 0.1) is 0 Å². The van der Waals surface area contributed by atoms with Crippen molar-refractivity contribution in [2.45, 2.75) is 24.5 Å². The van der Waals surface area contributed by atoms with E-state index in [1.54, 1.807) is 0 Å². The zero-order valence-corrected chi connectivity index (χ0v) is 7.95. The van der Waals surface area contributed by atoms with E-state index in [0.29, 0.717) is 0 Å². The fraction of sp³-hybridized carbons (Fsp3) is 1.00. The van der Waals surface area contributed by atoms with Crippen LogP contribution in [0.2, 0.25) is 0 Å². The molecule has 7 nitrogen and oxygen atoms in total. The number of ether oxygens (including phenoxy) is 2. The third-order valence-corrected chi connectivity index (χ3v) is 2.15. The maximum absolute atomic E-state index is 10.4. The molecule has 0 spiro atoms. The van der Waals surface area contributed by atoms with E-state index < -0.39 is 38.4 Å². The van der Waals surface area contributed by atoms with E-state index >= 15 is 0 Å². The van der Waals surface area contributed by atoms with Crippen molar-refractivity contribution in [2.24, 2.45) is 0 Å². The van der Waals surface area contributed by atoms with Crippen LogP contribution in [0.1, 0.15) is 0 Å². The van der Waals surface area contributed by atoms with Crippen molar-refractivity contribution in [2.75, 3.05) is 6.35 Å². The summed E-state index contributed by atoms with van der Waals surface area (Å²) >= 11 is 0. The minimum absolute atomic E-state index is 0.895. The summed E-state index contributed by atoms with van der Waals surface area (Å²) in [6.07, 6.45) is -4.94. The SMILES string of the molecule is [B][C@@H]1O[C@H](OCP(=O)(O)O)C(O)[C@@H]1O. The van der Waals surface area contributed by atoms with Crippen molar-refractivity contribution in [3.05, 3.63) is 0 Å². The minimum Gasteiger partial charge on any atom is -0.388 e. The molecule has 1 aliphatic rings. The highest BCUT2D eigenvalue weighted by molar-refractivity contribution is 7.51. The van der Waals surface area contributed by atoms with Crippen LogP contribution in [0.15, 0.2) is 0 Å². The van der Waals surface area contributed by atoms with E-state index in [1.165, 1.54) is 0 Å². The predicted octanol–water partition coefficient (Wildman–Crippen LogP) is -2.29. The Kier molecular flexibility index (Phi) is 3.71. The molecule has 0 aliphatic carbocycles. The highest BCUT2D eigenvalue weighted by Crippen LogP contribution is 2.35. The summed E-state index contributed by atoms with van der Waals surface area (Å²) in [5, 5.41) is 18.3. The average molecular weight is 224 g/mol. The molecule has 1 unspecified atom stereocenters. The normalized spacial score (nSPS) is 38.9. The van der Waals surface area contributed by atoms with E-state index in [4.69, 9.17) is 27.5 Å². The van der Waals surface area contributed by atoms with Crippen molar-refractivity contribution < 1.29 is 34.0 Å². The molecule has 0 aromatic carbocycles. The summed E-state index contributed by atoms with van der Waals surface area (Å²) in [5.74, 6) is 0. The van der Waals surface area contributed by atoms with Gasteiger partial charge in [-0.3, -0.25) is 4.57 Å². The maximum atomic E-state index is 10.4. The van der Waals surface area contributed by atoms with E-state index in [9.17, 15) is 9.67 Å². The Morgan fingerprint density at radius 3 is 2.29 bits per heavy atom. The Morgan fingerprint density at radius 2 is 1.93 bits per heavy atom. The second-order valence-corrected chi connectivity index (χ2v) is 4.50. The smallest absolute Gasteiger partial charge is 0.351 e. The Morgan fingerprint density at radius 1 is 1.36 bits per heavy atom. The molecular formula is C5H10BO7P. The van der Waals surface area contributed by atoms with Crippen LogP contribution in [0.4, 0.5) is 0 Å². The van der Waals surface area contributed by atoms with Gasteiger partial charge in [0.15, 0.2) is 12.6 Å². The standard InChI is InChI=1S/C5H10BO7P/c6-4-2(7)3(8)5(13-4)12-1-14(9,10)11/h2-5,7-8H,1H2,(H2,9,10,11)/t2-,3?,4+,5-/m0/s1. The Labute approximate surface area is 81.2 Å². The number of aliphatic hydroxyl groups is 2. The molecule has 14 heavy (non-hydrogen) atoms. The van der Waals surface area contributed by atoms with Gasteiger partial charge < -0.3 is 29.5 Å². The maximum Gasteiger partial charge on any atom is 0.351 e. The third kappa shape index (κ3) is 3.03. The van der Waals surface area contributed by atoms with E-state index in [-0.39, 0.29) is 0 Å². The van der Waals surface area contributed by atoms with Gasteiger partial charge >= 0.3 is 7.60 Å². The monoisotopic (exact) mass is 224 g/mol. The van der Waals surface area contributed by atoms with Gasteiger partial charge in [-0.25, -0.2) is 0 Å². The molecule has 1 aliphatic heterocycles. The van der Waals surface area contributed by atoms with E-state index in [2.05, 4.69) is 4.74 Å². The molecule has 4 atom stereocenters. The lowest BCUT2D eigenvalue weighted by atomic mass is 9.94. The minimum atomic E-state index is -4.32. The van der Waals surface area contributed by atoms with Crippen molar-refractivity contribution in [3.8, 4) is 0 Å². The van der Waals surface area contributed by atoms with E-state index in [1.807, 2.05) is 0 Å². The molecule has 1 heterocycles. The van der Waals surface area contributed by atoms with Gasteiger partial charge in [-0.2, -0.15) is 0 Å². The van der Waals surface area contributed by atoms with Crippen LogP contribution < -0.4 is 0 Å². The zero-order chi connectivity index (χ0) is 10.9. The summed E-state index contributed by atoms with van der Waals surface area (Å²) in [6, 6.07) is -1.12. The lowest BCUT2D eigenvalue weighted by Crippen LogP contribution is -2.33. The molecular weight excluding hydrogens is 214 g/mol. The third-order valence-electron chi connectivity index (χ3n) is 1.66. The van der Waals surface area contributed by atoms with Crippen molar-refractivity contribution in [3.63, 3.8) is 0 Å². The second kappa shape index (κ2) is 4.28. The number of hydrogen-bond donors (Lipinski definition) is 4. The van der Waals surface area contributed by atoms with Crippen LogP contribution in [0.3, 0.4) is 0 Å². The molecule has 1 rings (SSSR count). The lowest BCUT2D eigenvalue weighted by molar-refractivity contribution is -0.147. The lowest BCUT2D eigenvalue weighted by Gasteiger charge is -2.15. The van der Waals surface area contributed by atoms with Gasteiger partial charge in [-0.1, -0.05) is 0 Å². The topological polar surface area (TPSA) is 116 Å². The van der Waals surface area contributed by atoms with Gasteiger partial charge in [0, 0.05) is 6.00 Å². The average Bonchev–Trinajstić information content (AvgIpc) is 2.28.